The first kappa shape index (κ1) is 44.6. The van der Waals surface area contributed by atoms with Gasteiger partial charge in [-0.05, 0) is 98.8 Å². The predicted octanol–water partition coefficient (Wildman–Crippen LogP) is 9.23. The predicted molar refractivity (Wildman–Crippen MR) is 233 cm³/mol. The molecule has 2 aliphatic carbocycles. The van der Waals surface area contributed by atoms with E-state index in [4.69, 9.17) is 28.9 Å². The summed E-state index contributed by atoms with van der Waals surface area (Å²) in [5, 5.41) is 24.8. The molecule has 1 aliphatic heterocycles. The number of allylic oxidation sites excluding steroid dienone is 1. The number of aryl methyl sites for hydroxylation is 1. The zero-order valence-electron chi connectivity index (χ0n) is 35.4. The van der Waals surface area contributed by atoms with Crippen LogP contribution in [0.2, 0.25) is 0 Å². The number of rotatable bonds is 23. The second-order valence-electron chi connectivity index (χ2n) is 16.0. The average Bonchev–Trinajstić information content (AvgIpc) is 3.26. The molecule has 322 valence electrons. The number of carbonyl (C=O) groups is 1. The molecule has 2 aromatic carbocycles. The summed E-state index contributed by atoms with van der Waals surface area (Å²) < 4.78 is 26.7. The van der Waals surface area contributed by atoms with E-state index < -0.39 is 23.8 Å². The van der Waals surface area contributed by atoms with Gasteiger partial charge in [0.2, 0.25) is 5.79 Å². The summed E-state index contributed by atoms with van der Waals surface area (Å²) >= 11 is 0. The van der Waals surface area contributed by atoms with E-state index in [1.165, 1.54) is 0 Å². The molecule has 6 atom stereocenters. The highest BCUT2D eigenvalue weighted by Crippen LogP contribution is 2.62. The molecule has 2 heterocycles. The van der Waals surface area contributed by atoms with E-state index in [-0.39, 0.29) is 57.2 Å². The van der Waals surface area contributed by atoms with E-state index in [1.54, 1.807) is 17.1 Å². The van der Waals surface area contributed by atoms with Gasteiger partial charge in [0.15, 0.2) is 0 Å². The smallest absolute Gasteiger partial charge is 0.410 e. The number of carbonyl (C=O) groups excluding carboxylic acids is 1. The van der Waals surface area contributed by atoms with Crippen molar-refractivity contribution in [3.8, 4) is 11.5 Å². The Morgan fingerprint density at radius 1 is 1.00 bits per heavy atom. The first-order valence-corrected chi connectivity index (χ1v) is 21.7. The van der Waals surface area contributed by atoms with Crippen molar-refractivity contribution >= 4 is 11.8 Å². The summed E-state index contributed by atoms with van der Waals surface area (Å²) in [6.45, 7) is 13.4. The van der Waals surface area contributed by atoms with Gasteiger partial charge in [-0.3, -0.25) is 9.88 Å². The molecule has 0 radical (unpaired) electrons. The fourth-order valence-electron chi connectivity index (χ4n) is 9.26. The number of aromatic nitrogens is 1. The zero-order chi connectivity index (χ0) is 42.3. The number of oxime groups is 1. The number of amides is 1. The number of fused-ring (bicyclic) bond motifs is 2. The number of hydrogen-bond acceptors (Lipinski definition) is 10. The number of unbranched alkanes of at least 4 members (excludes halogenated alkanes) is 2. The molecule has 6 rings (SSSR count). The van der Waals surface area contributed by atoms with Crippen LogP contribution in [0.5, 0.6) is 11.5 Å². The summed E-state index contributed by atoms with van der Waals surface area (Å²) in [5.41, 5.74) is 5.43. The normalized spacial score (nSPS) is 23.4. The van der Waals surface area contributed by atoms with Crippen LogP contribution in [0.1, 0.15) is 93.1 Å². The molecule has 3 aromatic rings. The van der Waals surface area contributed by atoms with Crippen LogP contribution in [0, 0.1) is 24.7 Å². The van der Waals surface area contributed by atoms with Crippen LogP contribution in [-0.4, -0.2) is 76.7 Å². The number of aliphatic hydroxyl groups excluding tert-OH is 2. The summed E-state index contributed by atoms with van der Waals surface area (Å²) in [4.78, 5) is 26.9. The maximum atomic E-state index is 14.3. The lowest BCUT2D eigenvalue weighted by molar-refractivity contribution is -0.255. The number of hydrogen-bond donors (Lipinski definition) is 2. The summed E-state index contributed by atoms with van der Waals surface area (Å²) in [5.74, 6) is -0.468. The van der Waals surface area contributed by atoms with Gasteiger partial charge in [-0.15, -0.1) is 13.2 Å². The number of aliphatic hydroxyl groups is 2. The molecule has 3 aliphatic rings. The lowest BCUT2D eigenvalue weighted by Gasteiger charge is -2.59. The Labute approximate surface area is 355 Å². The highest BCUT2D eigenvalue weighted by atomic mass is 16.7. The Bertz CT molecular complexity index is 1930. The van der Waals surface area contributed by atoms with Gasteiger partial charge in [0.1, 0.15) is 30.8 Å². The standard InChI is InChI=1S/C49H63N3O8/c1-5-8-29-56-48(55)52(25-6-2)45-32-43(51-59-33-36-18-10-9-11-19-36)41-30-37(20-12-14-26-53)40(22-13-15-27-54)46-42-31-39(57-34-38-21-16-17-35(4)50-38)23-24-44(42)60-49(45,47(41)46)58-28-7-3/h5,7,9-11,16-19,21,23-24,30-31,37,40,45-47,53-54H,1,3,6,8,12-15,20,22,25-29,32-34H2,2,4H3/t37-,40+,45-,46+,47+,49+/m0/s1. The van der Waals surface area contributed by atoms with E-state index in [2.05, 4.69) is 30.3 Å². The molecular weight excluding hydrogens is 759 g/mol. The third-order valence-electron chi connectivity index (χ3n) is 11.8. The second-order valence-corrected chi connectivity index (χ2v) is 16.0. The van der Waals surface area contributed by atoms with Gasteiger partial charge in [-0.2, -0.15) is 0 Å². The minimum absolute atomic E-state index is 0.0800. The SMILES string of the molecule is C=CCCOC(=O)N(CCC)[C@H]1CC(=NOCc2ccccc2)C2=C[C@H](CCCCO)[C@@H](CCCCO)[C@@H]3c4cc(OCc5cccc(C)n5)ccc4O[C@@]1(OCC=C)[C@H]23. The molecule has 11 nitrogen and oxygen atoms in total. The van der Waals surface area contributed by atoms with Crippen LogP contribution in [0.3, 0.4) is 0 Å². The Balaban J connectivity index is 1.55. The first-order valence-electron chi connectivity index (χ1n) is 21.7. The summed E-state index contributed by atoms with van der Waals surface area (Å²) in [6.07, 6.45) is 11.5. The van der Waals surface area contributed by atoms with Crippen molar-refractivity contribution in [3.05, 3.63) is 126 Å². The third kappa shape index (κ3) is 10.5. The molecule has 2 N–H and O–H groups in total. The molecule has 0 bridgehead atoms. The van der Waals surface area contributed by atoms with Gasteiger partial charge in [0.25, 0.3) is 0 Å². The number of ether oxygens (including phenoxy) is 4. The topological polar surface area (TPSA) is 132 Å². The van der Waals surface area contributed by atoms with Crippen LogP contribution in [0.4, 0.5) is 4.79 Å². The largest absolute Gasteiger partial charge is 0.487 e. The molecular formula is C49H63N3O8. The molecule has 0 saturated heterocycles. The van der Waals surface area contributed by atoms with Crippen LogP contribution >= 0.6 is 0 Å². The van der Waals surface area contributed by atoms with Gasteiger partial charge in [0, 0.05) is 43.4 Å². The number of pyridine rings is 1. The van der Waals surface area contributed by atoms with Crippen LogP contribution < -0.4 is 9.47 Å². The molecule has 1 fully saturated rings. The summed E-state index contributed by atoms with van der Waals surface area (Å²) in [6, 6.07) is 21.1. The molecule has 11 heteroatoms. The van der Waals surface area contributed by atoms with Crippen molar-refractivity contribution in [1.82, 2.24) is 9.88 Å². The third-order valence-corrected chi connectivity index (χ3v) is 11.8. The van der Waals surface area contributed by atoms with Crippen molar-refractivity contribution in [1.29, 1.82) is 0 Å². The van der Waals surface area contributed by atoms with Crippen molar-refractivity contribution in [2.75, 3.05) is 33.0 Å². The van der Waals surface area contributed by atoms with Crippen LogP contribution in [-0.2, 0) is 27.5 Å². The highest BCUT2D eigenvalue weighted by molar-refractivity contribution is 6.03. The number of benzene rings is 2. The van der Waals surface area contributed by atoms with E-state index in [9.17, 15) is 15.0 Å². The fraction of sp³-hybridized carbons (Fsp3) is 0.490. The molecule has 1 aromatic heterocycles. The van der Waals surface area contributed by atoms with Crippen LogP contribution in [0.15, 0.2) is 109 Å². The lowest BCUT2D eigenvalue weighted by atomic mass is 9.55. The molecule has 60 heavy (non-hydrogen) atoms. The van der Waals surface area contributed by atoms with Crippen LogP contribution in [0.25, 0.3) is 0 Å². The quantitative estimate of drug-likeness (QED) is 0.0546. The zero-order valence-corrected chi connectivity index (χ0v) is 35.4. The molecule has 0 unspecified atom stereocenters. The Kier molecular flexibility index (Phi) is 16.4. The maximum Gasteiger partial charge on any atom is 0.410 e. The van der Waals surface area contributed by atoms with Gasteiger partial charge in [-0.1, -0.05) is 79.5 Å². The molecule has 1 saturated carbocycles. The average molecular weight is 822 g/mol. The van der Waals surface area contributed by atoms with Crippen molar-refractivity contribution in [2.24, 2.45) is 22.9 Å². The van der Waals surface area contributed by atoms with Gasteiger partial charge >= 0.3 is 6.09 Å². The number of nitrogens with zero attached hydrogens (tertiary/aromatic N) is 3. The van der Waals surface area contributed by atoms with Gasteiger partial charge in [0.05, 0.1) is 30.5 Å². The molecule has 0 spiro atoms. The van der Waals surface area contributed by atoms with Crippen molar-refractivity contribution < 1.29 is 38.8 Å². The summed E-state index contributed by atoms with van der Waals surface area (Å²) in [7, 11) is 0. The monoisotopic (exact) mass is 821 g/mol. The minimum Gasteiger partial charge on any atom is -0.487 e. The van der Waals surface area contributed by atoms with E-state index in [0.717, 1.165) is 59.5 Å². The highest BCUT2D eigenvalue weighted by Gasteiger charge is 2.65. The first-order chi connectivity index (χ1) is 29.4. The Hall–Kier alpha value is -4.97. The van der Waals surface area contributed by atoms with Crippen molar-refractivity contribution in [2.45, 2.75) is 103 Å². The Morgan fingerprint density at radius 2 is 1.80 bits per heavy atom. The second kappa shape index (κ2) is 22.0. The Morgan fingerprint density at radius 3 is 2.53 bits per heavy atom. The minimum atomic E-state index is -1.37. The van der Waals surface area contributed by atoms with E-state index in [1.807, 2.05) is 74.5 Å². The fourth-order valence-corrected chi connectivity index (χ4v) is 9.26. The van der Waals surface area contributed by atoms with Crippen molar-refractivity contribution in [3.63, 3.8) is 0 Å². The van der Waals surface area contributed by atoms with E-state index in [0.29, 0.717) is 50.3 Å². The van der Waals surface area contributed by atoms with Gasteiger partial charge < -0.3 is 34.0 Å². The molecule has 1 amide bonds. The van der Waals surface area contributed by atoms with E-state index >= 15 is 0 Å². The lowest BCUT2D eigenvalue weighted by Crippen LogP contribution is -2.70. The maximum absolute atomic E-state index is 14.3. The van der Waals surface area contributed by atoms with Gasteiger partial charge in [-0.25, -0.2) is 4.79 Å².